The van der Waals surface area contributed by atoms with Gasteiger partial charge in [0.2, 0.25) is 0 Å². The van der Waals surface area contributed by atoms with Crippen molar-refractivity contribution in [3.05, 3.63) is 58.3 Å². The van der Waals surface area contributed by atoms with E-state index in [4.69, 9.17) is 4.74 Å². The van der Waals surface area contributed by atoms with Gasteiger partial charge in [0.25, 0.3) is 0 Å². The van der Waals surface area contributed by atoms with Crippen LogP contribution in [0.2, 0.25) is 0 Å². The summed E-state index contributed by atoms with van der Waals surface area (Å²) in [5.41, 5.74) is 0.787. The molecular weight excluding hydrogens is 318 g/mol. The first-order valence-corrected chi connectivity index (χ1v) is 7.81. The number of carbonyl (C=O) groups is 3. The fourth-order valence-electron chi connectivity index (χ4n) is 2.22. The van der Waals surface area contributed by atoms with Crippen LogP contribution in [0.5, 0.6) is 0 Å². The van der Waals surface area contributed by atoms with Gasteiger partial charge in [-0.15, -0.1) is 11.3 Å². The van der Waals surface area contributed by atoms with Crippen LogP contribution in [0.3, 0.4) is 0 Å². The number of nitrogens with zero attached hydrogens (tertiary/aromatic N) is 1. The van der Waals surface area contributed by atoms with Gasteiger partial charge in [-0.3, -0.25) is 0 Å². The molecule has 0 radical (unpaired) electrons. The summed E-state index contributed by atoms with van der Waals surface area (Å²) >= 11 is 1.44. The Balaban J connectivity index is 1.69. The largest absolute Gasteiger partial charge is 0.444 e. The molecule has 6 nitrogen and oxygen atoms in total. The molecule has 118 valence electrons. The van der Waals surface area contributed by atoms with Crippen LogP contribution in [-0.2, 0) is 27.3 Å². The molecule has 0 spiro atoms. The van der Waals surface area contributed by atoms with Gasteiger partial charge >= 0.3 is 18.2 Å². The van der Waals surface area contributed by atoms with Gasteiger partial charge in [-0.25, -0.2) is 14.4 Å². The van der Waals surface area contributed by atoms with Crippen molar-refractivity contribution in [2.45, 2.75) is 19.1 Å². The maximum atomic E-state index is 12.2. The number of hydrogen-bond donors (Lipinski definition) is 0. The number of ether oxygens (including phenoxy) is 2. The Morgan fingerprint density at radius 3 is 2.65 bits per heavy atom. The fourth-order valence-corrected chi connectivity index (χ4v) is 2.96. The number of imide groups is 1. The van der Waals surface area contributed by atoms with E-state index in [1.54, 1.807) is 12.1 Å². The molecule has 1 saturated heterocycles. The number of amides is 2. The van der Waals surface area contributed by atoms with Gasteiger partial charge in [0, 0.05) is 11.3 Å². The van der Waals surface area contributed by atoms with Crippen LogP contribution in [0.15, 0.2) is 47.8 Å². The second-order valence-corrected chi connectivity index (χ2v) is 5.93. The normalized spacial score (nSPS) is 17.2. The molecule has 23 heavy (non-hydrogen) atoms. The quantitative estimate of drug-likeness (QED) is 0.636. The van der Waals surface area contributed by atoms with E-state index in [0.29, 0.717) is 0 Å². The zero-order valence-electron chi connectivity index (χ0n) is 12.0. The molecule has 1 aromatic carbocycles. The van der Waals surface area contributed by atoms with E-state index in [0.717, 1.165) is 15.3 Å². The summed E-state index contributed by atoms with van der Waals surface area (Å²) in [6, 6.07) is 11.7. The van der Waals surface area contributed by atoms with Crippen molar-refractivity contribution in [2.75, 3.05) is 0 Å². The van der Waals surface area contributed by atoms with E-state index >= 15 is 0 Å². The highest BCUT2D eigenvalue weighted by Gasteiger charge is 2.46. The molecule has 0 saturated carbocycles. The summed E-state index contributed by atoms with van der Waals surface area (Å²) in [6.07, 6.45) is -1.65. The SMILES string of the molecule is O=C1OC(=O)N(C(=O)OCc2ccccc2)C1Cc1cccs1. The maximum Gasteiger partial charge on any atom is 0.427 e. The average Bonchev–Trinajstić information content (AvgIpc) is 3.15. The molecule has 1 aromatic heterocycles. The maximum absolute atomic E-state index is 12.2. The van der Waals surface area contributed by atoms with Gasteiger partial charge < -0.3 is 9.47 Å². The lowest BCUT2D eigenvalue weighted by molar-refractivity contribution is -0.135. The number of rotatable bonds is 4. The summed E-state index contributed by atoms with van der Waals surface area (Å²) in [5, 5.41) is 1.86. The Morgan fingerprint density at radius 1 is 1.17 bits per heavy atom. The van der Waals surface area contributed by atoms with Gasteiger partial charge in [-0.1, -0.05) is 36.4 Å². The number of thiophene rings is 1. The predicted molar refractivity (Wildman–Crippen MR) is 81.8 cm³/mol. The van der Waals surface area contributed by atoms with Crippen molar-refractivity contribution in [1.82, 2.24) is 4.90 Å². The third-order valence-electron chi connectivity index (χ3n) is 3.34. The Morgan fingerprint density at radius 2 is 1.96 bits per heavy atom. The molecule has 1 unspecified atom stereocenters. The lowest BCUT2D eigenvalue weighted by Crippen LogP contribution is -2.41. The highest BCUT2D eigenvalue weighted by atomic mass is 32.1. The Hall–Kier alpha value is -2.67. The van der Waals surface area contributed by atoms with Crippen molar-refractivity contribution >= 4 is 29.5 Å². The molecule has 1 atom stereocenters. The Kier molecular flexibility index (Phi) is 4.38. The molecule has 0 N–H and O–H groups in total. The second-order valence-electron chi connectivity index (χ2n) is 4.90. The van der Waals surface area contributed by atoms with E-state index in [2.05, 4.69) is 4.74 Å². The smallest absolute Gasteiger partial charge is 0.427 e. The lowest BCUT2D eigenvalue weighted by Gasteiger charge is -2.17. The Bertz CT molecular complexity index is 713. The van der Waals surface area contributed by atoms with Gasteiger partial charge in [0.05, 0.1) is 0 Å². The standard InChI is InChI=1S/C16H13NO5S/c18-14-13(9-12-7-4-8-23-12)17(16(20)22-14)15(19)21-10-11-5-2-1-3-6-11/h1-8,13H,9-10H2. The van der Waals surface area contributed by atoms with Crippen LogP contribution in [0.1, 0.15) is 10.4 Å². The molecule has 2 amide bonds. The minimum Gasteiger partial charge on any atom is -0.444 e. The molecule has 7 heteroatoms. The third-order valence-corrected chi connectivity index (χ3v) is 4.24. The van der Waals surface area contributed by atoms with Crippen molar-refractivity contribution in [3.8, 4) is 0 Å². The molecule has 1 fully saturated rings. The highest BCUT2D eigenvalue weighted by Crippen LogP contribution is 2.22. The van der Waals surface area contributed by atoms with Crippen LogP contribution >= 0.6 is 11.3 Å². The number of carbonyl (C=O) groups excluding carboxylic acids is 3. The van der Waals surface area contributed by atoms with E-state index < -0.39 is 24.2 Å². The highest BCUT2D eigenvalue weighted by molar-refractivity contribution is 7.09. The van der Waals surface area contributed by atoms with E-state index in [1.165, 1.54) is 11.3 Å². The van der Waals surface area contributed by atoms with Gasteiger partial charge in [0.15, 0.2) is 0 Å². The third kappa shape index (κ3) is 3.40. The first-order valence-electron chi connectivity index (χ1n) is 6.93. The molecule has 1 aliphatic rings. The average molecular weight is 331 g/mol. The topological polar surface area (TPSA) is 72.9 Å². The van der Waals surface area contributed by atoms with Crippen molar-refractivity contribution < 1.29 is 23.9 Å². The summed E-state index contributed by atoms with van der Waals surface area (Å²) < 4.78 is 9.68. The van der Waals surface area contributed by atoms with Crippen LogP contribution < -0.4 is 0 Å². The summed E-state index contributed by atoms with van der Waals surface area (Å²) in [7, 11) is 0. The molecule has 0 aliphatic carbocycles. The predicted octanol–water partition coefficient (Wildman–Crippen LogP) is 2.97. The minimum atomic E-state index is -0.991. The number of benzene rings is 1. The van der Waals surface area contributed by atoms with Crippen LogP contribution in [0.25, 0.3) is 0 Å². The number of esters is 1. The van der Waals surface area contributed by atoms with Crippen molar-refractivity contribution in [3.63, 3.8) is 0 Å². The zero-order chi connectivity index (χ0) is 16.2. The van der Waals surface area contributed by atoms with Crippen molar-refractivity contribution in [2.24, 2.45) is 0 Å². The molecular formula is C16H13NO5S. The van der Waals surface area contributed by atoms with Crippen molar-refractivity contribution in [1.29, 1.82) is 0 Å². The van der Waals surface area contributed by atoms with Crippen LogP contribution in [0.4, 0.5) is 9.59 Å². The summed E-state index contributed by atoms with van der Waals surface area (Å²) in [4.78, 5) is 37.4. The minimum absolute atomic E-state index is 0.0172. The van der Waals surface area contributed by atoms with E-state index in [1.807, 2.05) is 35.7 Å². The first kappa shape index (κ1) is 15.2. The first-order chi connectivity index (χ1) is 11.1. The monoisotopic (exact) mass is 331 g/mol. The summed E-state index contributed by atoms with van der Waals surface area (Å²) in [6.45, 7) is 0.0172. The molecule has 1 aliphatic heterocycles. The van der Waals surface area contributed by atoms with Gasteiger partial charge in [0.1, 0.15) is 12.6 Å². The second kappa shape index (κ2) is 6.62. The van der Waals surface area contributed by atoms with Crippen LogP contribution in [0, 0.1) is 0 Å². The number of hydrogen-bond acceptors (Lipinski definition) is 6. The molecule has 2 aromatic rings. The molecule has 0 bridgehead atoms. The summed E-state index contributed by atoms with van der Waals surface area (Å²) in [5.74, 6) is -0.736. The van der Waals surface area contributed by atoms with Gasteiger partial charge in [-0.2, -0.15) is 4.90 Å². The molecule has 3 rings (SSSR count). The number of cyclic esters (lactones) is 2. The van der Waals surface area contributed by atoms with E-state index in [9.17, 15) is 14.4 Å². The van der Waals surface area contributed by atoms with Gasteiger partial charge in [-0.05, 0) is 17.0 Å². The fraction of sp³-hybridized carbons (Fsp3) is 0.188. The van der Waals surface area contributed by atoms with Crippen LogP contribution in [-0.4, -0.2) is 29.1 Å². The Labute approximate surface area is 136 Å². The molecule has 2 heterocycles. The lowest BCUT2D eigenvalue weighted by atomic mass is 10.2. The zero-order valence-corrected chi connectivity index (χ0v) is 12.8. The van der Waals surface area contributed by atoms with E-state index in [-0.39, 0.29) is 13.0 Å².